The molecule has 0 radical (unpaired) electrons. The van der Waals surface area contributed by atoms with Crippen molar-refractivity contribution in [2.45, 2.75) is 50.2 Å². The van der Waals surface area contributed by atoms with Crippen LogP contribution in [-0.2, 0) is 4.79 Å². The number of nitrogens with one attached hydrogen (secondary N) is 3. The quantitative estimate of drug-likeness (QED) is 0.350. The van der Waals surface area contributed by atoms with E-state index < -0.39 is 0 Å². The van der Waals surface area contributed by atoms with E-state index in [1.807, 2.05) is 31.2 Å². The number of carbonyl (C=O) groups is 1. The molecule has 1 fully saturated rings. The zero-order valence-electron chi connectivity index (χ0n) is 16.3. The lowest BCUT2D eigenvalue weighted by molar-refractivity contribution is -0.119. The number of carbonyl (C=O) groups excluding carboxylic acids is 1. The van der Waals surface area contributed by atoms with Crippen molar-refractivity contribution in [3.63, 3.8) is 0 Å². The van der Waals surface area contributed by atoms with Crippen molar-refractivity contribution in [2.75, 3.05) is 12.3 Å². The van der Waals surface area contributed by atoms with E-state index in [0.29, 0.717) is 22.7 Å². The highest BCUT2D eigenvalue weighted by atomic mass is 35.5. The molecule has 1 aliphatic carbocycles. The van der Waals surface area contributed by atoms with Gasteiger partial charge >= 0.3 is 0 Å². The van der Waals surface area contributed by atoms with Gasteiger partial charge in [-0.15, -0.1) is 10.2 Å². The van der Waals surface area contributed by atoms with Gasteiger partial charge in [0.05, 0.1) is 5.75 Å². The molecule has 0 spiro atoms. The molecule has 1 aromatic carbocycles. The highest BCUT2D eigenvalue weighted by Crippen LogP contribution is 2.35. The number of hydrogen-bond donors (Lipinski definition) is 3. The second-order valence-electron chi connectivity index (χ2n) is 6.80. The molecule has 0 atom stereocenters. The lowest BCUT2D eigenvalue weighted by Crippen LogP contribution is -2.47. The molecule has 29 heavy (non-hydrogen) atoms. The fourth-order valence-corrected chi connectivity index (χ4v) is 4.46. The zero-order valence-corrected chi connectivity index (χ0v) is 18.7. The van der Waals surface area contributed by atoms with E-state index in [4.69, 9.17) is 23.8 Å². The Hall–Kier alpha value is -1.84. The van der Waals surface area contributed by atoms with Crippen LogP contribution < -0.4 is 16.2 Å². The molecule has 2 aromatic rings. The maximum absolute atomic E-state index is 12.2. The standard InChI is InChI=1S/C19H25ClN6OS2/c1-2-21-18(28)24-22-16(27)12-29-19-25-23-17(13-8-10-14(20)11-9-13)26(19)15-6-4-3-5-7-15/h8-11,15H,2-7,12H2,1H3,(H,22,27)(H2,21,24,28). The van der Waals surface area contributed by atoms with E-state index in [0.717, 1.165) is 29.4 Å². The Kier molecular flexibility index (Phi) is 8.14. The molecule has 7 nitrogen and oxygen atoms in total. The average Bonchev–Trinajstić information content (AvgIpc) is 3.16. The van der Waals surface area contributed by atoms with Crippen LogP contribution in [0.1, 0.15) is 45.1 Å². The smallest absolute Gasteiger partial charge is 0.248 e. The molecule has 0 unspecified atom stereocenters. The van der Waals surface area contributed by atoms with E-state index in [1.54, 1.807) is 0 Å². The summed E-state index contributed by atoms with van der Waals surface area (Å²) < 4.78 is 2.19. The monoisotopic (exact) mass is 452 g/mol. The third kappa shape index (κ3) is 6.07. The van der Waals surface area contributed by atoms with Gasteiger partial charge in [-0.25, -0.2) is 0 Å². The number of rotatable bonds is 6. The van der Waals surface area contributed by atoms with Gasteiger partial charge in [-0.2, -0.15) is 0 Å². The lowest BCUT2D eigenvalue weighted by Gasteiger charge is -2.25. The van der Waals surface area contributed by atoms with Gasteiger partial charge in [-0.3, -0.25) is 20.2 Å². The third-order valence-electron chi connectivity index (χ3n) is 4.69. The Balaban J connectivity index is 1.73. The van der Waals surface area contributed by atoms with Crippen LogP contribution in [-0.4, -0.2) is 38.1 Å². The van der Waals surface area contributed by atoms with Crippen LogP contribution >= 0.6 is 35.6 Å². The summed E-state index contributed by atoms with van der Waals surface area (Å²) in [5, 5.41) is 13.6. The average molecular weight is 453 g/mol. The van der Waals surface area contributed by atoms with Gasteiger partial charge in [-0.05, 0) is 56.2 Å². The summed E-state index contributed by atoms with van der Waals surface area (Å²) in [6.07, 6.45) is 5.84. The summed E-state index contributed by atoms with van der Waals surface area (Å²) in [7, 11) is 0. The van der Waals surface area contributed by atoms with Gasteiger partial charge in [0.25, 0.3) is 0 Å². The van der Waals surface area contributed by atoms with E-state index in [-0.39, 0.29) is 11.7 Å². The summed E-state index contributed by atoms with van der Waals surface area (Å²) in [6, 6.07) is 7.97. The SMILES string of the molecule is CCNC(=S)NNC(=O)CSc1nnc(-c2ccc(Cl)cc2)n1C1CCCCC1. The minimum absolute atomic E-state index is 0.179. The summed E-state index contributed by atoms with van der Waals surface area (Å²) in [4.78, 5) is 12.2. The molecule has 0 bridgehead atoms. The highest BCUT2D eigenvalue weighted by molar-refractivity contribution is 7.99. The van der Waals surface area contributed by atoms with Crippen molar-refractivity contribution >= 4 is 46.6 Å². The van der Waals surface area contributed by atoms with Crippen LogP contribution in [0.2, 0.25) is 5.02 Å². The molecule has 1 heterocycles. The normalized spacial score (nSPS) is 14.4. The maximum Gasteiger partial charge on any atom is 0.248 e. The maximum atomic E-state index is 12.2. The first-order chi connectivity index (χ1) is 14.1. The molecule has 156 valence electrons. The first-order valence-electron chi connectivity index (χ1n) is 9.74. The number of benzene rings is 1. The second kappa shape index (κ2) is 10.8. The van der Waals surface area contributed by atoms with Crippen LogP contribution in [0.15, 0.2) is 29.4 Å². The van der Waals surface area contributed by atoms with Crippen molar-refractivity contribution in [3.05, 3.63) is 29.3 Å². The number of hydrazine groups is 1. The Morgan fingerprint density at radius 1 is 1.21 bits per heavy atom. The van der Waals surface area contributed by atoms with Crippen molar-refractivity contribution in [3.8, 4) is 11.4 Å². The van der Waals surface area contributed by atoms with Crippen LogP contribution in [0.25, 0.3) is 11.4 Å². The van der Waals surface area contributed by atoms with E-state index >= 15 is 0 Å². The molecule has 10 heteroatoms. The summed E-state index contributed by atoms with van der Waals surface area (Å²) in [5.41, 5.74) is 6.26. The fraction of sp³-hybridized carbons (Fsp3) is 0.474. The molecule has 3 rings (SSSR count). The number of nitrogens with zero attached hydrogens (tertiary/aromatic N) is 3. The van der Waals surface area contributed by atoms with Crippen molar-refractivity contribution in [1.82, 2.24) is 30.9 Å². The van der Waals surface area contributed by atoms with Gasteiger partial charge in [0, 0.05) is 23.2 Å². The molecule has 1 aliphatic rings. The molecule has 0 saturated heterocycles. The number of aromatic nitrogens is 3. The Bertz CT molecular complexity index is 836. The number of thioether (sulfide) groups is 1. The minimum Gasteiger partial charge on any atom is -0.362 e. The van der Waals surface area contributed by atoms with Crippen LogP contribution in [0.3, 0.4) is 0 Å². The summed E-state index contributed by atoms with van der Waals surface area (Å²) in [5.74, 6) is 0.858. The molecular weight excluding hydrogens is 428 g/mol. The number of hydrogen-bond acceptors (Lipinski definition) is 5. The largest absolute Gasteiger partial charge is 0.362 e. The minimum atomic E-state index is -0.179. The second-order valence-corrected chi connectivity index (χ2v) is 8.58. The van der Waals surface area contributed by atoms with E-state index in [1.165, 1.54) is 31.0 Å². The summed E-state index contributed by atoms with van der Waals surface area (Å²) in [6.45, 7) is 2.62. The van der Waals surface area contributed by atoms with Gasteiger partial charge in [0.2, 0.25) is 5.91 Å². The Labute approximate surface area is 185 Å². The van der Waals surface area contributed by atoms with Crippen molar-refractivity contribution in [1.29, 1.82) is 0 Å². The Morgan fingerprint density at radius 3 is 2.62 bits per heavy atom. The fourth-order valence-electron chi connectivity index (χ4n) is 3.34. The predicted octanol–water partition coefficient (Wildman–Crippen LogP) is 3.71. The van der Waals surface area contributed by atoms with Gasteiger partial charge in [0.15, 0.2) is 16.1 Å². The van der Waals surface area contributed by atoms with Gasteiger partial charge in [-0.1, -0.05) is 42.6 Å². The Morgan fingerprint density at radius 2 is 1.93 bits per heavy atom. The van der Waals surface area contributed by atoms with E-state index in [9.17, 15) is 4.79 Å². The first-order valence-corrected chi connectivity index (χ1v) is 11.5. The van der Waals surface area contributed by atoms with Crippen LogP contribution in [0.4, 0.5) is 0 Å². The third-order valence-corrected chi connectivity index (χ3v) is 6.13. The molecule has 0 aliphatic heterocycles. The number of halogens is 1. The number of thiocarbonyl (C=S) groups is 1. The molecule has 1 amide bonds. The topological polar surface area (TPSA) is 83.9 Å². The highest BCUT2D eigenvalue weighted by Gasteiger charge is 2.24. The molecule has 1 aromatic heterocycles. The molecular formula is C19H25ClN6OS2. The summed E-state index contributed by atoms with van der Waals surface area (Å²) >= 11 is 12.5. The van der Waals surface area contributed by atoms with Crippen molar-refractivity contribution < 1.29 is 4.79 Å². The first kappa shape index (κ1) is 21.9. The lowest BCUT2D eigenvalue weighted by atomic mass is 9.95. The van der Waals surface area contributed by atoms with Crippen molar-refractivity contribution in [2.24, 2.45) is 0 Å². The predicted molar refractivity (Wildman–Crippen MR) is 121 cm³/mol. The zero-order chi connectivity index (χ0) is 20.6. The van der Waals surface area contributed by atoms with Gasteiger partial charge < -0.3 is 5.32 Å². The van der Waals surface area contributed by atoms with E-state index in [2.05, 4.69) is 30.9 Å². The van der Waals surface area contributed by atoms with Crippen LogP contribution in [0.5, 0.6) is 0 Å². The van der Waals surface area contributed by atoms with Gasteiger partial charge in [0.1, 0.15) is 0 Å². The number of amides is 1. The molecule has 1 saturated carbocycles. The molecule has 3 N–H and O–H groups in total. The van der Waals surface area contributed by atoms with Crippen LogP contribution in [0, 0.1) is 0 Å².